The van der Waals surface area contributed by atoms with Crippen molar-refractivity contribution in [2.45, 2.75) is 75.4 Å². The molecule has 2 saturated heterocycles. The normalized spacial score (nSPS) is 18.7. The predicted octanol–water partition coefficient (Wildman–Crippen LogP) is 10.7. The summed E-state index contributed by atoms with van der Waals surface area (Å²) >= 11 is 12.7. The second-order valence-corrected chi connectivity index (χ2v) is 18.6. The van der Waals surface area contributed by atoms with Crippen LogP contribution in [0.4, 0.5) is 11.4 Å². The third-order valence-electron chi connectivity index (χ3n) is 14.0. The number of anilines is 2. The van der Waals surface area contributed by atoms with Crippen molar-refractivity contribution >= 4 is 67.4 Å². The predicted molar refractivity (Wildman–Crippen MR) is 248 cm³/mol. The quantitative estimate of drug-likeness (QED) is 0.156. The number of rotatable bonds is 8. The van der Waals surface area contributed by atoms with E-state index < -0.39 is 12.2 Å². The van der Waals surface area contributed by atoms with E-state index in [2.05, 4.69) is 78.5 Å². The third kappa shape index (κ3) is 7.34. The van der Waals surface area contributed by atoms with Crippen LogP contribution in [0, 0.1) is 11.8 Å². The molecule has 8 heterocycles. The molecule has 12 heteroatoms. The topological polar surface area (TPSA) is 107 Å². The van der Waals surface area contributed by atoms with Crippen LogP contribution in [0.1, 0.15) is 97.7 Å². The number of pyridine rings is 4. The van der Waals surface area contributed by atoms with Crippen LogP contribution < -0.4 is 9.80 Å². The second kappa shape index (κ2) is 16.5. The number of fused-ring (bicyclic) bond motifs is 4. The number of halogens is 2. The van der Waals surface area contributed by atoms with E-state index in [9.17, 15) is 10.2 Å². The van der Waals surface area contributed by atoms with E-state index in [4.69, 9.17) is 23.2 Å². The summed E-state index contributed by atoms with van der Waals surface area (Å²) in [5, 5.41) is 26.6. The van der Waals surface area contributed by atoms with Crippen molar-refractivity contribution in [3.05, 3.63) is 143 Å². The monoisotopic (exact) mass is 864 g/mol. The van der Waals surface area contributed by atoms with E-state index in [0.717, 1.165) is 95.8 Å². The largest absolute Gasteiger partial charge is 0.388 e. The number of aliphatic hydroxyl groups is 2. The Bertz CT molecular complexity index is 2710. The minimum atomic E-state index is -0.457. The zero-order valence-electron chi connectivity index (χ0n) is 34.6. The molecule has 2 N–H and O–H groups in total. The molecule has 0 unspecified atom stereocenters. The summed E-state index contributed by atoms with van der Waals surface area (Å²) in [7, 11) is 0. The summed E-state index contributed by atoms with van der Waals surface area (Å²) < 4.78 is 4.07. The van der Waals surface area contributed by atoms with Gasteiger partial charge in [0.15, 0.2) is 0 Å². The van der Waals surface area contributed by atoms with E-state index >= 15 is 0 Å². The average Bonchev–Trinajstić information content (AvgIpc) is 4.25. The van der Waals surface area contributed by atoms with Gasteiger partial charge in [0.2, 0.25) is 0 Å². The molecule has 12 rings (SSSR count). The minimum Gasteiger partial charge on any atom is -0.388 e. The highest BCUT2D eigenvalue weighted by atomic mass is 35.5. The van der Waals surface area contributed by atoms with Crippen LogP contribution in [-0.2, 0) is 0 Å². The van der Waals surface area contributed by atoms with Crippen molar-refractivity contribution in [2.75, 3.05) is 36.0 Å². The molecular weight excluding hydrogens is 816 g/mol. The Morgan fingerprint density at radius 1 is 0.532 bits per heavy atom. The highest BCUT2D eigenvalue weighted by Crippen LogP contribution is 2.48. The second-order valence-electron chi connectivity index (χ2n) is 17.8. The number of benzene rings is 2. The summed E-state index contributed by atoms with van der Waals surface area (Å²) in [4.78, 5) is 22.4. The SMILES string of the molecule is O[C@@H](c1c(C2CC2)ccn2cncc12)C1CCN(c2ccc(Cl)c3ncccc23)CC1.O[C@H](c1c(C2CC2)ccn2cncc12)C1CCN(c2ccc(Cl)c3ncccc23)CC1. The Kier molecular flexibility index (Phi) is 10.5. The maximum Gasteiger partial charge on any atom is 0.0992 e. The van der Waals surface area contributed by atoms with Crippen LogP contribution in [0.2, 0.25) is 10.0 Å². The van der Waals surface area contributed by atoms with Gasteiger partial charge in [-0.1, -0.05) is 23.2 Å². The van der Waals surface area contributed by atoms with Crippen molar-refractivity contribution < 1.29 is 10.2 Å². The molecule has 62 heavy (non-hydrogen) atoms. The van der Waals surface area contributed by atoms with E-state index in [-0.39, 0.29) is 11.8 Å². The molecule has 2 aliphatic heterocycles. The number of piperidine rings is 2. The molecule has 8 aromatic rings. The van der Waals surface area contributed by atoms with Gasteiger partial charge in [-0.15, -0.1) is 0 Å². The number of imidazole rings is 2. The van der Waals surface area contributed by atoms with Gasteiger partial charge in [-0.3, -0.25) is 9.97 Å². The lowest BCUT2D eigenvalue weighted by molar-refractivity contribution is 0.0930. The highest BCUT2D eigenvalue weighted by molar-refractivity contribution is 6.36. The molecule has 2 atom stereocenters. The molecule has 0 bridgehead atoms. The average molecular weight is 866 g/mol. The van der Waals surface area contributed by atoms with Crippen molar-refractivity contribution in [1.82, 2.24) is 28.7 Å². The molecule has 2 aliphatic carbocycles. The first kappa shape index (κ1) is 39.6. The molecule has 2 aromatic carbocycles. The maximum atomic E-state index is 11.5. The third-order valence-corrected chi connectivity index (χ3v) is 14.6. The fourth-order valence-corrected chi connectivity index (χ4v) is 10.8. The number of hydrogen-bond acceptors (Lipinski definition) is 8. The van der Waals surface area contributed by atoms with Gasteiger partial charge < -0.3 is 28.8 Å². The van der Waals surface area contributed by atoms with Gasteiger partial charge in [-0.25, -0.2) is 9.97 Å². The van der Waals surface area contributed by atoms with E-state index in [1.54, 1.807) is 12.4 Å². The van der Waals surface area contributed by atoms with Crippen molar-refractivity contribution in [2.24, 2.45) is 11.8 Å². The number of nitrogens with zero attached hydrogens (tertiary/aromatic N) is 8. The maximum absolute atomic E-state index is 11.5. The van der Waals surface area contributed by atoms with E-state index in [1.165, 1.54) is 48.2 Å². The lowest BCUT2D eigenvalue weighted by Gasteiger charge is -2.36. The minimum absolute atomic E-state index is 0.242. The summed E-state index contributed by atoms with van der Waals surface area (Å²) in [5.74, 6) is 1.67. The molecule has 0 spiro atoms. The number of aliphatic hydroxyl groups excluding tert-OH is 2. The van der Waals surface area contributed by atoms with Crippen molar-refractivity contribution in [3.8, 4) is 0 Å². The zero-order chi connectivity index (χ0) is 41.9. The Morgan fingerprint density at radius 2 is 0.952 bits per heavy atom. The van der Waals surface area contributed by atoms with Gasteiger partial charge >= 0.3 is 0 Å². The molecule has 0 amide bonds. The van der Waals surface area contributed by atoms with E-state index in [0.29, 0.717) is 21.9 Å². The Hall–Kier alpha value is -5.26. The van der Waals surface area contributed by atoms with Gasteiger partial charge in [0.1, 0.15) is 0 Å². The Balaban J connectivity index is 0.000000139. The standard InChI is InChI=1S/2C25H25ClN4O/c2*26-20-5-6-21(19-2-1-10-28-24(19)20)29-11-7-17(8-12-29)25(31)23-18(16-3-4-16)9-13-30-15-27-14-22(23)30/h2*1-2,5-6,9-10,13-17,25,31H,3-4,7-8,11-12H2/t2*25-/m10/s1. The number of aromatic nitrogens is 6. The van der Waals surface area contributed by atoms with Gasteiger partial charge in [-0.05, 0) is 147 Å². The number of hydrogen-bond donors (Lipinski definition) is 2. The molecule has 10 nitrogen and oxygen atoms in total. The summed E-state index contributed by atoms with van der Waals surface area (Å²) in [6.07, 6.45) is 22.9. The van der Waals surface area contributed by atoms with Gasteiger partial charge in [-0.2, -0.15) is 0 Å². The van der Waals surface area contributed by atoms with E-state index in [1.807, 2.05) is 58.1 Å². The first-order valence-electron chi connectivity index (χ1n) is 22.2. The van der Waals surface area contributed by atoms with Crippen LogP contribution in [-0.4, -0.2) is 65.1 Å². The van der Waals surface area contributed by atoms with Crippen LogP contribution in [0.3, 0.4) is 0 Å². The molecular formula is C50H50Cl2N8O2. The van der Waals surface area contributed by atoms with Crippen molar-refractivity contribution in [3.63, 3.8) is 0 Å². The Morgan fingerprint density at radius 3 is 1.35 bits per heavy atom. The lowest BCUT2D eigenvalue weighted by Crippen LogP contribution is -2.36. The van der Waals surface area contributed by atoms with Crippen molar-refractivity contribution in [1.29, 1.82) is 0 Å². The van der Waals surface area contributed by atoms with Crippen LogP contribution in [0.15, 0.2) is 110 Å². The smallest absolute Gasteiger partial charge is 0.0992 e. The van der Waals surface area contributed by atoms with Gasteiger partial charge in [0.25, 0.3) is 0 Å². The van der Waals surface area contributed by atoms with Gasteiger partial charge in [0, 0.05) is 84.2 Å². The summed E-state index contributed by atoms with van der Waals surface area (Å²) in [5.41, 5.74) is 11.0. The first-order chi connectivity index (χ1) is 30.4. The Labute approximate surface area is 370 Å². The van der Waals surface area contributed by atoms with Crippen LogP contribution in [0.25, 0.3) is 32.8 Å². The molecule has 6 aromatic heterocycles. The lowest BCUT2D eigenvalue weighted by atomic mass is 9.84. The summed E-state index contributed by atoms with van der Waals surface area (Å²) in [6.45, 7) is 3.64. The molecule has 4 fully saturated rings. The molecule has 316 valence electrons. The highest BCUT2D eigenvalue weighted by Gasteiger charge is 2.36. The van der Waals surface area contributed by atoms with Crippen LogP contribution >= 0.6 is 23.2 Å². The molecule has 2 saturated carbocycles. The fourth-order valence-electron chi connectivity index (χ4n) is 10.4. The summed E-state index contributed by atoms with van der Waals surface area (Å²) in [6, 6.07) is 20.6. The van der Waals surface area contributed by atoms with Gasteiger partial charge in [0.05, 0.1) is 69.4 Å². The van der Waals surface area contributed by atoms with Crippen LogP contribution in [0.5, 0.6) is 0 Å². The first-order valence-corrected chi connectivity index (χ1v) is 23.0. The fraction of sp³-hybridized carbons (Fsp3) is 0.360. The molecule has 4 aliphatic rings. The molecule has 0 radical (unpaired) electrons. The zero-order valence-corrected chi connectivity index (χ0v) is 36.1.